The van der Waals surface area contributed by atoms with E-state index in [1.54, 1.807) is 24.7 Å². The summed E-state index contributed by atoms with van der Waals surface area (Å²) in [5, 5.41) is 3.30. The number of ether oxygens (including phenoxy) is 1. The van der Waals surface area contributed by atoms with Gasteiger partial charge in [0, 0.05) is 47.3 Å². The molecule has 0 saturated heterocycles. The summed E-state index contributed by atoms with van der Waals surface area (Å²) in [6.45, 7) is 4.03. The van der Waals surface area contributed by atoms with Crippen LogP contribution in [0.5, 0.6) is 5.75 Å². The van der Waals surface area contributed by atoms with Crippen LogP contribution < -0.4 is 10.1 Å². The van der Waals surface area contributed by atoms with Crippen molar-refractivity contribution >= 4 is 28.4 Å². The van der Waals surface area contributed by atoms with Crippen LogP contribution in [0.25, 0.3) is 10.9 Å². The van der Waals surface area contributed by atoms with Crippen molar-refractivity contribution in [2.75, 3.05) is 5.32 Å². The maximum atomic E-state index is 13.3. The molecule has 7 nitrogen and oxygen atoms in total. The topological polar surface area (TPSA) is 86.1 Å². The molecule has 0 bridgehead atoms. The van der Waals surface area contributed by atoms with E-state index in [1.807, 2.05) is 24.5 Å². The van der Waals surface area contributed by atoms with Gasteiger partial charge in [0.2, 0.25) is 5.91 Å². The number of carbonyl (C=O) groups is 2. The average Bonchev–Trinajstić information content (AvgIpc) is 3.18. The molecule has 4 rings (SSSR count). The zero-order valence-electron chi connectivity index (χ0n) is 18.8. The standard InChI is InChI=1S/C25H21F3N4O3/c1-15(2)32-14-20(19-13-29-8-7-21(19)32)24(34)17-6-9-30-22(12-17)31-23(33)11-16-4-3-5-18(10-16)35-25(26,27)28/h3-10,12-15H,11H2,1-2H3,(H,30,31,33). The molecule has 35 heavy (non-hydrogen) atoms. The maximum Gasteiger partial charge on any atom is 0.573 e. The SMILES string of the molecule is CC(C)n1cc(C(=O)c2ccnc(NC(=O)Cc3cccc(OC(F)(F)F)c3)c2)c2cnccc21. The molecule has 0 fully saturated rings. The van der Waals surface area contributed by atoms with Crippen LogP contribution in [-0.2, 0) is 11.2 Å². The zero-order valence-corrected chi connectivity index (χ0v) is 18.8. The number of benzene rings is 1. The lowest BCUT2D eigenvalue weighted by molar-refractivity contribution is -0.274. The molecule has 0 radical (unpaired) electrons. The van der Waals surface area contributed by atoms with Gasteiger partial charge >= 0.3 is 6.36 Å². The Morgan fingerprint density at radius 1 is 1.11 bits per heavy atom. The fraction of sp³-hybridized carbons (Fsp3) is 0.200. The Labute approximate surface area is 198 Å². The van der Waals surface area contributed by atoms with Crippen LogP contribution >= 0.6 is 0 Å². The summed E-state index contributed by atoms with van der Waals surface area (Å²) in [5.41, 5.74) is 2.01. The van der Waals surface area contributed by atoms with Gasteiger partial charge in [-0.05, 0) is 49.7 Å². The number of alkyl halides is 3. The number of pyridine rings is 2. The van der Waals surface area contributed by atoms with Gasteiger partial charge in [0.25, 0.3) is 0 Å². The van der Waals surface area contributed by atoms with Gasteiger partial charge in [-0.1, -0.05) is 12.1 Å². The average molecular weight is 482 g/mol. The number of rotatable bonds is 7. The van der Waals surface area contributed by atoms with Crippen LogP contribution in [0.2, 0.25) is 0 Å². The number of aromatic nitrogens is 3. The highest BCUT2D eigenvalue weighted by molar-refractivity contribution is 6.16. The number of anilines is 1. The van der Waals surface area contributed by atoms with Gasteiger partial charge in [0.1, 0.15) is 11.6 Å². The predicted molar refractivity (Wildman–Crippen MR) is 123 cm³/mol. The van der Waals surface area contributed by atoms with E-state index in [0.717, 1.165) is 23.0 Å². The van der Waals surface area contributed by atoms with Crippen LogP contribution in [0.1, 0.15) is 41.4 Å². The van der Waals surface area contributed by atoms with E-state index in [9.17, 15) is 22.8 Å². The molecule has 1 amide bonds. The van der Waals surface area contributed by atoms with Crippen molar-refractivity contribution < 1.29 is 27.5 Å². The number of ketones is 1. The molecule has 0 aliphatic heterocycles. The second kappa shape index (κ2) is 9.57. The summed E-state index contributed by atoms with van der Waals surface area (Å²) < 4.78 is 43.2. The smallest absolute Gasteiger partial charge is 0.406 e. The Bertz CT molecular complexity index is 1400. The first kappa shape index (κ1) is 23.9. The lowest BCUT2D eigenvalue weighted by Crippen LogP contribution is -2.18. The van der Waals surface area contributed by atoms with Crippen molar-refractivity contribution in [2.24, 2.45) is 0 Å². The zero-order chi connectivity index (χ0) is 25.2. The first-order chi connectivity index (χ1) is 16.6. The highest BCUT2D eigenvalue weighted by Crippen LogP contribution is 2.27. The predicted octanol–water partition coefficient (Wildman–Crippen LogP) is 5.32. The Kier molecular flexibility index (Phi) is 6.54. The highest BCUT2D eigenvalue weighted by Gasteiger charge is 2.31. The van der Waals surface area contributed by atoms with E-state index in [4.69, 9.17) is 0 Å². The number of hydrogen-bond donors (Lipinski definition) is 1. The largest absolute Gasteiger partial charge is 0.573 e. The summed E-state index contributed by atoms with van der Waals surface area (Å²) in [6, 6.07) is 10.1. The molecule has 0 unspecified atom stereocenters. The Balaban J connectivity index is 1.51. The van der Waals surface area contributed by atoms with E-state index in [1.165, 1.54) is 24.4 Å². The highest BCUT2D eigenvalue weighted by atomic mass is 19.4. The van der Waals surface area contributed by atoms with Crippen LogP contribution in [0, 0.1) is 0 Å². The summed E-state index contributed by atoms with van der Waals surface area (Å²) >= 11 is 0. The van der Waals surface area contributed by atoms with Gasteiger partial charge in [-0.2, -0.15) is 0 Å². The summed E-state index contributed by atoms with van der Waals surface area (Å²) in [6.07, 6.45) is 1.47. The molecular formula is C25H21F3N4O3. The van der Waals surface area contributed by atoms with Crippen molar-refractivity contribution in [1.29, 1.82) is 0 Å². The molecule has 1 N–H and O–H groups in total. The third-order valence-electron chi connectivity index (χ3n) is 5.22. The number of carbonyl (C=O) groups excluding carboxylic acids is 2. The van der Waals surface area contributed by atoms with E-state index in [0.29, 0.717) is 16.7 Å². The maximum absolute atomic E-state index is 13.3. The monoisotopic (exact) mass is 482 g/mol. The number of amides is 1. The van der Waals surface area contributed by atoms with Crippen LogP contribution in [0.3, 0.4) is 0 Å². The minimum absolute atomic E-state index is 0.133. The van der Waals surface area contributed by atoms with Crippen molar-refractivity contribution in [2.45, 2.75) is 32.7 Å². The number of halogens is 3. The van der Waals surface area contributed by atoms with Gasteiger partial charge in [-0.3, -0.25) is 14.6 Å². The van der Waals surface area contributed by atoms with Gasteiger partial charge in [0.15, 0.2) is 5.78 Å². The first-order valence-corrected chi connectivity index (χ1v) is 10.7. The van der Waals surface area contributed by atoms with Crippen LogP contribution in [0.4, 0.5) is 19.0 Å². The van der Waals surface area contributed by atoms with Gasteiger partial charge in [-0.25, -0.2) is 4.98 Å². The molecule has 10 heteroatoms. The molecular weight excluding hydrogens is 461 g/mol. The quantitative estimate of drug-likeness (QED) is 0.360. The fourth-order valence-electron chi connectivity index (χ4n) is 3.73. The van der Waals surface area contributed by atoms with Gasteiger partial charge in [0.05, 0.1) is 11.9 Å². The molecule has 0 atom stereocenters. The normalized spacial score (nSPS) is 11.6. The Hall–Kier alpha value is -4.21. The van der Waals surface area contributed by atoms with Gasteiger partial charge < -0.3 is 14.6 Å². The van der Waals surface area contributed by atoms with Gasteiger partial charge in [-0.15, -0.1) is 13.2 Å². The summed E-state index contributed by atoms with van der Waals surface area (Å²) in [7, 11) is 0. The lowest BCUT2D eigenvalue weighted by atomic mass is 10.0. The molecule has 3 heterocycles. The second-order valence-corrected chi connectivity index (χ2v) is 8.12. The molecule has 4 aromatic rings. The number of fused-ring (bicyclic) bond motifs is 1. The van der Waals surface area contributed by atoms with Crippen molar-refractivity contribution in [3.05, 3.63) is 83.9 Å². The van der Waals surface area contributed by atoms with Crippen molar-refractivity contribution in [3.8, 4) is 5.75 Å². The second-order valence-electron chi connectivity index (χ2n) is 8.12. The van der Waals surface area contributed by atoms with Crippen LogP contribution in [-0.4, -0.2) is 32.6 Å². The molecule has 3 aromatic heterocycles. The first-order valence-electron chi connectivity index (χ1n) is 10.7. The Morgan fingerprint density at radius 3 is 2.66 bits per heavy atom. The molecule has 180 valence electrons. The molecule has 0 spiro atoms. The van der Waals surface area contributed by atoms with E-state index in [-0.39, 0.29) is 24.1 Å². The van der Waals surface area contributed by atoms with Crippen molar-refractivity contribution in [1.82, 2.24) is 14.5 Å². The number of nitrogens with zero attached hydrogens (tertiary/aromatic N) is 3. The van der Waals surface area contributed by atoms with Crippen LogP contribution in [0.15, 0.2) is 67.3 Å². The fourth-order valence-corrected chi connectivity index (χ4v) is 3.73. The number of nitrogens with one attached hydrogen (secondary N) is 1. The minimum Gasteiger partial charge on any atom is -0.406 e. The van der Waals surface area contributed by atoms with E-state index < -0.39 is 18.0 Å². The van der Waals surface area contributed by atoms with Crippen molar-refractivity contribution in [3.63, 3.8) is 0 Å². The van der Waals surface area contributed by atoms with E-state index in [2.05, 4.69) is 20.0 Å². The molecule has 0 saturated carbocycles. The summed E-state index contributed by atoms with van der Waals surface area (Å²) in [4.78, 5) is 34.0. The lowest BCUT2D eigenvalue weighted by Gasteiger charge is -2.10. The number of hydrogen-bond acceptors (Lipinski definition) is 5. The minimum atomic E-state index is -4.82. The third kappa shape index (κ3) is 5.65. The summed E-state index contributed by atoms with van der Waals surface area (Å²) in [5.74, 6) is -1.03. The molecule has 0 aliphatic carbocycles. The Morgan fingerprint density at radius 2 is 1.91 bits per heavy atom. The van der Waals surface area contributed by atoms with E-state index >= 15 is 0 Å². The molecule has 1 aromatic carbocycles. The third-order valence-corrected chi connectivity index (χ3v) is 5.22. The molecule has 0 aliphatic rings.